The number of aryl methyl sites for hydroxylation is 1. The molecule has 8 heteroatoms. The molecule has 0 atom stereocenters. The standard InChI is InChI=1S/C21H21N3O3S2/c1-17-9-11-18(12-10-17)15-24(29(26,27)20-7-3-2-4-8-20)16-21(25)23-22-14-19-6-5-13-28-19/h2-14H,15-16H2,1H3,(H,23,25)/b22-14-. The van der Waals surface area contributed by atoms with Crippen LogP contribution in [0.4, 0.5) is 0 Å². The Labute approximate surface area is 174 Å². The topological polar surface area (TPSA) is 78.8 Å². The van der Waals surface area contributed by atoms with E-state index < -0.39 is 15.9 Å². The summed E-state index contributed by atoms with van der Waals surface area (Å²) in [6.45, 7) is 1.70. The number of hydrogen-bond acceptors (Lipinski definition) is 5. The third-order valence-electron chi connectivity index (χ3n) is 4.10. The molecule has 0 fully saturated rings. The Bertz CT molecular complexity index is 1060. The van der Waals surface area contributed by atoms with Crippen LogP contribution >= 0.6 is 11.3 Å². The molecule has 150 valence electrons. The summed E-state index contributed by atoms with van der Waals surface area (Å²) in [6, 6.07) is 19.4. The normalized spacial score (nSPS) is 11.8. The zero-order valence-corrected chi connectivity index (χ0v) is 17.5. The van der Waals surface area contributed by atoms with E-state index in [0.29, 0.717) is 0 Å². The number of carbonyl (C=O) groups excluding carboxylic acids is 1. The summed E-state index contributed by atoms with van der Waals surface area (Å²) in [7, 11) is -3.85. The molecule has 6 nitrogen and oxygen atoms in total. The fraction of sp³-hybridized carbons (Fsp3) is 0.143. The molecule has 1 N–H and O–H groups in total. The van der Waals surface area contributed by atoms with Gasteiger partial charge in [0.25, 0.3) is 5.91 Å². The Hall–Kier alpha value is -2.81. The van der Waals surface area contributed by atoms with E-state index in [2.05, 4.69) is 10.5 Å². The summed E-state index contributed by atoms with van der Waals surface area (Å²) < 4.78 is 27.4. The maximum absolute atomic E-state index is 13.1. The van der Waals surface area contributed by atoms with Crippen molar-refractivity contribution in [1.29, 1.82) is 0 Å². The number of hydrazone groups is 1. The highest BCUT2D eigenvalue weighted by atomic mass is 32.2. The first-order valence-corrected chi connectivity index (χ1v) is 11.2. The van der Waals surface area contributed by atoms with Crippen LogP contribution in [0.3, 0.4) is 0 Å². The van der Waals surface area contributed by atoms with Crippen molar-refractivity contribution in [3.05, 3.63) is 88.1 Å². The maximum atomic E-state index is 13.1. The van der Waals surface area contributed by atoms with Gasteiger partial charge in [0.05, 0.1) is 17.7 Å². The first-order chi connectivity index (χ1) is 13.9. The molecule has 0 bridgehead atoms. The average Bonchev–Trinajstić information content (AvgIpc) is 3.23. The lowest BCUT2D eigenvalue weighted by Gasteiger charge is -2.21. The molecule has 2 aromatic carbocycles. The van der Waals surface area contributed by atoms with Crippen LogP contribution in [0.1, 0.15) is 16.0 Å². The molecule has 29 heavy (non-hydrogen) atoms. The van der Waals surface area contributed by atoms with Gasteiger partial charge in [-0.25, -0.2) is 13.8 Å². The summed E-state index contributed by atoms with van der Waals surface area (Å²) in [6.07, 6.45) is 1.53. The van der Waals surface area contributed by atoms with Gasteiger partial charge in [0, 0.05) is 11.4 Å². The van der Waals surface area contributed by atoms with Crippen molar-refractivity contribution in [1.82, 2.24) is 9.73 Å². The summed E-state index contributed by atoms with van der Waals surface area (Å²) >= 11 is 1.49. The van der Waals surface area contributed by atoms with Crippen LogP contribution in [-0.4, -0.2) is 31.4 Å². The lowest BCUT2D eigenvalue weighted by molar-refractivity contribution is -0.121. The third-order valence-corrected chi connectivity index (χ3v) is 6.72. The number of thiophene rings is 1. The molecule has 0 aliphatic heterocycles. The molecule has 0 spiro atoms. The Morgan fingerprint density at radius 1 is 1.07 bits per heavy atom. The predicted molar refractivity (Wildman–Crippen MR) is 115 cm³/mol. The van der Waals surface area contributed by atoms with Gasteiger partial charge >= 0.3 is 0 Å². The Morgan fingerprint density at radius 3 is 2.45 bits per heavy atom. The number of benzene rings is 2. The van der Waals surface area contributed by atoms with Crippen molar-refractivity contribution in [3.63, 3.8) is 0 Å². The summed E-state index contributed by atoms with van der Waals surface area (Å²) in [5, 5.41) is 5.81. The van der Waals surface area contributed by atoms with E-state index in [9.17, 15) is 13.2 Å². The highest BCUT2D eigenvalue weighted by Crippen LogP contribution is 2.18. The largest absolute Gasteiger partial charge is 0.272 e. The molecular formula is C21H21N3O3S2. The van der Waals surface area contributed by atoms with E-state index in [-0.39, 0.29) is 18.0 Å². The second-order valence-electron chi connectivity index (χ2n) is 6.38. The molecule has 0 aliphatic rings. The van der Waals surface area contributed by atoms with Crippen LogP contribution in [0.25, 0.3) is 0 Å². The van der Waals surface area contributed by atoms with Crippen molar-refractivity contribution in [2.24, 2.45) is 5.10 Å². The highest BCUT2D eigenvalue weighted by molar-refractivity contribution is 7.89. The zero-order valence-electron chi connectivity index (χ0n) is 15.9. The number of carbonyl (C=O) groups is 1. The van der Waals surface area contributed by atoms with Gasteiger partial charge in [-0.1, -0.05) is 54.1 Å². The molecule has 3 aromatic rings. The van der Waals surface area contributed by atoms with Gasteiger partial charge in [-0.3, -0.25) is 4.79 Å². The van der Waals surface area contributed by atoms with E-state index in [1.165, 1.54) is 29.7 Å². The van der Waals surface area contributed by atoms with Gasteiger partial charge in [0.2, 0.25) is 10.0 Å². The minimum Gasteiger partial charge on any atom is -0.272 e. The second-order valence-corrected chi connectivity index (χ2v) is 9.30. The van der Waals surface area contributed by atoms with Crippen molar-refractivity contribution in [3.8, 4) is 0 Å². The van der Waals surface area contributed by atoms with Gasteiger partial charge in [0.15, 0.2) is 0 Å². The Balaban J connectivity index is 1.78. The molecule has 1 amide bonds. The first kappa shape index (κ1) is 20.9. The predicted octanol–water partition coefficient (Wildman–Crippen LogP) is 3.40. The fourth-order valence-corrected chi connectivity index (χ4v) is 4.58. The van der Waals surface area contributed by atoms with Gasteiger partial charge in [0.1, 0.15) is 0 Å². The van der Waals surface area contributed by atoms with Crippen molar-refractivity contribution < 1.29 is 13.2 Å². The summed E-state index contributed by atoms with van der Waals surface area (Å²) in [4.78, 5) is 13.4. The molecule has 0 saturated carbocycles. The van der Waals surface area contributed by atoms with E-state index in [1.807, 2.05) is 48.7 Å². The van der Waals surface area contributed by atoms with E-state index in [0.717, 1.165) is 20.3 Å². The SMILES string of the molecule is Cc1ccc(CN(CC(=O)N/N=C\c2cccs2)S(=O)(=O)c2ccccc2)cc1. The van der Waals surface area contributed by atoms with E-state index >= 15 is 0 Å². The zero-order chi connectivity index (χ0) is 20.7. The van der Waals surface area contributed by atoms with E-state index in [4.69, 9.17) is 0 Å². The van der Waals surface area contributed by atoms with Gasteiger partial charge in [-0.15, -0.1) is 11.3 Å². The highest BCUT2D eigenvalue weighted by Gasteiger charge is 2.26. The molecular weight excluding hydrogens is 406 g/mol. The summed E-state index contributed by atoms with van der Waals surface area (Å²) in [5.74, 6) is -0.510. The minimum absolute atomic E-state index is 0.0829. The number of rotatable bonds is 8. The average molecular weight is 428 g/mol. The lowest BCUT2D eigenvalue weighted by Crippen LogP contribution is -2.39. The number of sulfonamides is 1. The quantitative estimate of drug-likeness (QED) is 0.442. The molecule has 0 aliphatic carbocycles. The Morgan fingerprint density at radius 2 is 1.79 bits per heavy atom. The molecule has 0 radical (unpaired) electrons. The van der Waals surface area contributed by atoms with E-state index in [1.54, 1.807) is 18.2 Å². The fourth-order valence-electron chi connectivity index (χ4n) is 2.59. The summed E-state index contributed by atoms with van der Waals surface area (Å²) in [5.41, 5.74) is 4.27. The Kier molecular flexibility index (Phi) is 6.92. The lowest BCUT2D eigenvalue weighted by atomic mass is 10.1. The molecule has 0 saturated heterocycles. The number of nitrogens with one attached hydrogen (secondary N) is 1. The number of nitrogens with zero attached hydrogens (tertiary/aromatic N) is 2. The molecule has 3 rings (SSSR count). The smallest absolute Gasteiger partial charge is 0.255 e. The second kappa shape index (κ2) is 9.60. The molecule has 1 heterocycles. The van der Waals surface area contributed by atoms with Crippen LogP contribution < -0.4 is 5.43 Å². The van der Waals surface area contributed by atoms with Gasteiger partial charge < -0.3 is 0 Å². The van der Waals surface area contributed by atoms with Crippen LogP contribution in [0.15, 0.2) is 82.1 Å². The van der Waals surface area contributed by atoms with Crippen molar-refractivity contribution >= 4 is 33.5 Å². The van der Waals surface area contributed by atoms with Crippen molar-refractivity contribution in [2.45, 2.75) is 18.4 Å². The first-order valence-electron chi connectivity index (χ1n) is 8.91. The van der Waals surface area contributed by atoms with Crippen LogP contribution in [0.2, 0.25) is 0 Å². The van der Waals surface area contributed by atoms with Gasteiger partial charge in [-0.05, 0) is 36.1 Å². The number of hydrogen-bond donors (Lipinski definition) is 1. The third kappa shape index (κ3) is 5.83. The molecule has 0 unspecified atom stereocenters. The minimum atomic E-state index is -3.85. The van der Waals surface area contributed by atoms with Crippen LogP contribution in [0.5, 0.6) is 0 Å². The van der Waals surface area contributed by atoms with Crippen molar-refractivity contribution in [2.75, 3.05) is 6.54 Å². The van der Waals surface area contributed by atoms with Crippen LogP contribution in [-0.2, 0) is 21.4 Å². The monoisotopic (exact) mass is 427 g/mol. The van der Waals surface area contributed by atoms with Gasteiger partial charge in [-0.2, -0.15) is 9.41 Å². The molecule has 1 aromatic heterocycles. The maximum Gasteiger partial charge on any atom is 0.255 e. The van der Waals surface area contributed by atoms with Crippen LogP contribution in [0, 0.1) is 6.92 Å². The number of amides is 1.